The Morgan fingerprint density at radius 3 is 2.08 bits per heavy atom. The predicted molar refractivity (Wildman–Crippen MR) is 94.7 cm³/mol. The lowest BCUT2D eigenvalue weighted by molar-refractivity contribution is 0.101. The van der Waals surface area contributed by atoms with Gasteiger partial charge in [0.15, 0.2) is 0 Å². The Labute approximate surface area is 145 Å². The zero-order chi connectivity index (χ0) is 17.2. The van der Waals surface area contributed by atoms with Crippen molar-refractivity contribution in [1.82, 2.24) is 9.21 Å². The third kappa shape index (κ3) is 3.76. The Morgan fingerprint density at radius 2 is 1.54 bits per heavy atom. The van der Waals surface area contributed by atoms with Gasteiger partial charge < -0.3 is 4.74 Å². The number of nitrogens with zero attached hydrogens (tertiary/aromatic N) is 2. The van der Waals surface area contributed by atoms with E-state index in [2.05, 4.69) is 11.8 Å². The highest BCUT2D eigenvalue weighted by Crippen LogP contribution is 2.28. The van der Waals surface area contributed by atoms with Crippen molar-refractivity contribution in [3.8, 4) is 5.75 Å². The number of methoxy groups -OCH3 is 1. The quantitative estimate of drug-likeness (QED) is 0.836. The highest BCUT2D eigenvalue weighted by molar-refractivity contribution is 7.89. The maximum absolute atomic E-state index is 12.8. The summed E-state index contributed by atoms with van der Waals surface area (Å²) in [6, 6.07) is 7.30. The SMILES string of the molecule is COc1ccc(S(=O)(=O)N2CCN(C3CCC(C)CC3)CC2)cc1. The fraction of sp³-hybridized carbons (Fsp3) is 0.667. The lowest BCUT2D eigenvalue weighted by Crippen LogP contribution is -2.52. The van der Waals surface area contributed by atoms with Crippen LogP contribution in [0.2, 0.25) is 0 Å². The summed E-state index contributed by atoms with van der Waals surface area (Å²) >= 11 is 0. The van der Waals surface area contributed by atoms with E-state index in [1.54, 1.807) is 35.7 Å². The maximum atomic E-state index is 12.8. The first-order valence-electron chi connectivity index (χ1n) is 8.89. The Bertz CT molecular complexity index is 629. The van der Waals surface area contributed by atoms with Gasteiger partial charge in [-0.15, -0.1) is 0 Å². The van der Waals surface area contributed by atoms with Crippen LogP contribution in [-0.4, -0.2) is 57.0 Å². The van der Waals surface area contributed by atoms with Gasteiger partial charge in [0.1, 0.15) is 5.75 Å². The lowest BCUT2D eigenvalue weighted by atomic mass is 9.86. The predicted octanol–water partition coefficient (Wildman–Crippen LogP) is 2.58. The summed E-state index contributed by atoms with van der Waals surface area (Å²) in [6.45, 7) is 5.18. The van der Waals surface area contributed by atoms with Crippen LogP contribution in [-0.2, 0) is 10.0 Å². The first kappa shape index (κ1) is 17.7. The highest BCUT2D eigenvalue weighted by atomic mass is 32.2. The van der Waals surface area contributed by atoms with E-state index < -0.39 is 10.0 Å². The minimum Gasteiger partial charge on any atom is -0.497 e. The van der Waals surface area contributed by atoms with Gasteiger partial charge in [0.05, 0.1) is 12.0 Å². The molecule has 0 atom stereocenters. The second-order valence-corrected chi connectivity index (χ2v) is 8.97. The molecular formula is C18H28N2O3S. The van der Waals surface area contributed by atoms with Crippen LogP contribution >= 0.6 is 0 Å². The number of hydrogen-bond acceptors (Lipinski definition) is 4. The van der Waals surface area contributed by atoms with E-state index in [4.69, 9.17) is 4.74 Å². The van der Waals surface area contributed by atoms with Gasteiger partial charge in [-0.2, -0.15) is 4.31 Å². The topological polar surface area (TPSA) is 49.9 Å². The third-order valence-electron chi connectivity index (χ3n) is 5.47. The summed E-state index contributed by atoms with van der Waals surface area (Å²) in [6.07, 6.45) is 5.11. The van der Waals surface area contributed by atoms with Gasteiger partial charge in [-0.3, -0.25) is 4.90 Å². The minimum atomic E-state index is -3.40. The van der Waals surface area contributed by atoms with Crippen molar-refractivity contribution in [2.24, 2.45) is 5.92 Å². The van der Waals surface area contributed by atoms with E-state index in [1.807, 2.05) is 0 Å². The normalized spacial score (nSPS) is 27.1. The van der Waals surface area contributed by atoms with Gasteiger partial charge in [-0.05, 0) is 55.9 Å². The van der Waals surface area contributed by atoms with Crippen molar-refractivity contribution in [1.29, 1.82) is 0 Å². The van der Waals surface area contributed by atoms with Crippen molar-refractivity contribution in [3.63, 3.8) is 0 Å². The molecule has 0 spiro atoms. The second-order valence-electron chi connectivity index (χ2n) is 7.03. The smallest absolute Gasteiger partial charge is 0.243 e. The van der Waals surface area contributed by atoms with Crippen molar-refractivity contribution in [3.05, 3.63) is 24.3 Å². The van der Waals surface area contributed by atoms with Gasteiger partial charge in [0, 0.05) is 32.2 Å². The zero-order valence-electron chi connectivity index (χ0n) is 14.6. The Morgan fingerprint density at radius 1 is 0.958 bits per heavy atom. The van der Waals surface area contributed by atoms with Crippen molar-refractivity contribution in [2.75, 3.05) is 33.3 Å². The van der Waals surface area contributed by atoms with E-state index in [-0.39, 0.29) is 0 Å². The Kier molecular flexibility index (Phi) is 5.47. The summed E-state index contributed by atoms with van der Waals surface area (Å²) in [4.78, 5) is 2.84. The van der Waals surface area contributed by atoms with Crippen molar-refractivity contribution >= 4 is 10.0 Å². The average molecular weight is 353 g/mol. The molecule has 0 aromatic heterocycles. The van der Waals surface area contributed by atoms with Crippen LogP contribution in [0.15, 0.2) is 29.2 Å². The van der Waals surface area contributed by atoms with Crippen LogP contribution in [0.3, 0.4) is 0 Å². The van der Waals surface area contributed by atoms with Crippen molar-refractivity contribution in [2.45, 2.75) is 43.5 Å². The molecule has 0 bridgehead atoms. The summed E-state index contributed by atoms with van der Waals surface area (Å²) in [5, 5.41) is 0. The van der Waals surface area contributed by atoms with Gasteiger partial charge in [-0.1, -0.05) is 6.92 Å². The molecule has 2 aliphatic rings. The fourth-order valence-corrected chi connectivity index (χ4v) is 5.24. The largest absolute Gasteiger partial charge is 0.497 e. The number of benzene rings is 1. The molecule has 1 saturated heterocycles. The van der Waals surface area contributed by atoms with Crippen LogP contribution in [0, 0.1) is 5.92 Å². The molecule has 1 aromatic rings. The standard InChI is InChI=1S/C18H28N2O3S/c1-15-3-5-16(6-4-15)19-11-13-20(14-12-19)24(21,22)18-9-7-17(23-2)8-10-18/h7-10,15-16H,3-6,11-14H2,1-2H3. The Hall–Kier alpha value is -1.11. The first-order valence-corrected chi connectivity index (χ1v) is 10.3. The van der Waals surface area contributed by atoms with Gasteiger partial charge >= 0.3 is 0 Å². The molecular weight excluding hydrogens is 324 g/mol. The molecule has 0 amide bonds. The number of rotatable bonds is 4. The Balaban J connectivity index is 1.60. The molecule has 1 aliphatic heterocycles. The molecule has 0 radical (unpaired) electrons. The molecule has 134 valence electrons. The zero-order valence-corrected chi connectivity index (χ0v) is 15.5. The van der Waals surface area contributed by atoms with Gasteiger partial charge in [0.25, 0.3) is 0 Å². The summed E-state index contributed by atoms with van der Waals surface area (Å²) in [7, 11) is -1.82. The summed E-state index contributed by atoms with van der Waals surface area (Å²) < 4.78 is 32.3. The molecule has 1 heterocycles. The van der Waals surface area contributed by atoms with Gasteiger partial charge in [-0.25, -0.2) is 8.42 Å². The molecule has 24 heavy (non-hydrogen) atoms. The average Bonchev–Trinajstić information content (AvgIpc) is 2.62. The molecule has 1 aromatic carbocycles. The van der Waals surface area contributed by atoms with Gasteiger partial charge in [0.2, 0.25) is 10.0 Å². The lowest BCUT2D eigenvalue weighted by Gasteiger charge is -2.41. The molecule has 0 N–H and O–H groups in total. The molecule has 1 aliphatic carbocycles. The monoisotopic (exact) mass is 352 g/mol. The molecule has 3 rings (SSSR count). The van der Waals surface area contributed by atoms with E-state index in [0.717, 1.165) is 19.0 Å². The van der Waals surface area contributed by atoms with E-state index >= 15 is 0 Å². The number of piperazine rings is 1. The van der Waals surface area contributed by atoms with Crippen LogP contribution in [0.5, 0.6) is 5.75 Å². The van der Waals surface area contributed by atoms with Crippen LogP contribution in [0.4, 0.5) is 0 Å². The number of ether oxygens (including phenoxy) is 1. The summed E-state index contributed by atoms with van der Waals surface area (Å²) in [5.41, 5.74) is 0. The first-order chi connectivity index (χ1) is 11.5. The third-order valence-corrected chi connectivity index (χ3v) is 7.39. The number of sulfonamides is 1. The molecule has 6 heteroatoms. The van der Waals surface area contributed by atoms with Crippen LogP contribution in [0.1, 0.15) is 32.6 Å². The van der Waals surface area contributed by atoms with E-state index in [1.165, 1.54) is 25.7 Å². The molecule has 5 nitrogen and oxygen atoms in total. The van der Waals surface area contributed by atoms with E-state index in [0.29, 0.717) is 29.8 Å². The molecule has 2 fully saturated rings. The van der Waals surface area contributed by atoms with Crippen molar-refractivity contribution < 1.29 is 13.2 Å². The number of hydrogen-bond donors (Lipinski definition) is 0. The summed E-state index contributed by atoms with van der Waals surface area (Å²) in [5.74, 6) is 1.52. The van der Waals surface area contributed by atoms with Crippen LogP contribution in [0.25, 0.3) is 0 Å². The molecule has 1 saturated carbocycles. The second kappa shape index (κ2) is 7.42. The van der Waals surface area contributed by atoms with E-state index in [9.17, 15) is 8.42 Å². The molecule has 0 unspecified atom stereocenters. The highest BCUT2D eigenvalue weighted by Gasteiger charge is 2.32. The van der Waals surface area contributed by atoms with Crippen LogP contribution < -0.4 is 4.74 Å². The minimum absolute atomic E-state index is 0.350. The fourth-order valence-electron chi connectivity index (χ4n) is 3.81. The maximum Gasteiger partial charge on any atom is 0.243 e.